The highest BCUT2D eigenvalue weighted by atomic mass is 35.5. The SMILES string of the molecule is CC1CCC(NC(=O)CC(C)C2CCNCC2)C(C)C1.Cl. The van der Waals surface area contributed by atoms with E-state index in [0.29, 0.717) is 24.3 Å². The molecule has 0 radical (unpaired) electrons. The summed E-state index contributed by atoms with van der Waals surface area (Å²) >= 11 is 0. The summed E-state index contributed by atoms with van der Waals surface area (Å²) in [4.78, 5) is 12.3. The van der Waals surface area contributed by atoms with Crippen LogP contribution in [0.4, 0.5) is 0 Å². The molecular weight excluding hydrogens is 284 g/mol. The van der Waals surface area contributed by atoms with Crippen molar-refractivity contribution < 1.29 is 4.79 Å². The maximum Gasteiger partial charge on any atom is 0.220 e. The molecule has 0 aromatic heterocycles. The van der Waals surface area contributed by atoms with Crippen molar-refractivity contribution in [1.29, 1.82) is 0 Å². The lowest BCUT2D eigenvalue weighted by atomic mass is 9.79. The van der Waals surface area contributed by atoms with E-state index < -0.39 is 0 Å². The molecule has 1 heterocycles. The third-order valence-corrected chi connectivity index (χ3v) is 5.47. The van der Waals surface area contributed by atoms with Crippen LogP contribution < -0.4 is 10.6 Å². The molecule has 1 amide bonds. The highest BCUT2D eigenvalue weighted by Gasteiger charge is 2.28. The molecule has 124 valence electrons. The summed E-state index contributed by atoms with van der Waals surface area (Å²) in [5, 5.41) is 6.70. The molecule has 3 nitrogen and oxygen atoms in total. The number of rotatable bonds is 4. The Labute approximate surface area is 136 Å². The molecule has 2 N–H and O–H groups in total. The lowest BCUT2D eigenvalue weighted by Crippen LogP contribution is -2.43. The van der Waals surface area contributed by atoms with Gasteiger partial charge in [0.25, 0.3) is 0 Å². The van der Waals surface area contributed by atoms with E-state index in [2.05, 4.69) is 31.4 Å². The van der Waals surface area contributed by atoms with Gasteiger partial charge in [0.15, 0.2) is 0 Å². The van der Waals surface area contributed by atoms with Crippen molar-refractivity contribution in [2.75, 3.05) is 13.1 Å². The Morgan fingerprint density at radius 3 is 2.48 bits per heavy atom. The minimum Gasteiger partial charge on any atom is -0.353 e. The highest BCUT2D eigenvalue weighted by molar-refractivity contribution is 5.85. The van der Waals surface area contributed by atoms with Gasteiger partial charge in [-0.25, -0.2) is 0 Å². The number of piperidine rings is 1. The van der Waals surface area contributed by atoms with Crippen LogP contribution in [0.15, 0.2) is 0 Å². The summed E-state index contributed by atoms with van der Waals surface area (Å²) in [6.45, 7) is 9.11. The molecule has 2 rings (SSSR count). The van der Waals surface area contributed by atoms with Gasteiger partial charge in [0.1, 0.15) is 0 Å². The smallest absolute Gasteiger partial charge is 0.220 e. The van der Waals surface area contributed by atoms with Crippen LogP contribution in [0, 0.1) is 23.7 Å². The zero-order valence-corrected chi connectivity index (χ0v) is 14.7. The third-order valence-electron chi connectivity index (χ3n) is 5.47. The molecule has 2 aliphatic rings. The Morgan fingerprint density at radius 1 is 1.19 bits per heavy atom. The first-order valence-electron chi connectivity index (χ1n) is 8.56. The molecule has 1 aliphatic heterocycles. The molecule has 4 heteroatoms. The Hall–Kier alpha value is -0.280. The molecule has 4 unspecified atom stereocenters. The van der Waals surface area contributed by atoms with Crippen molar-refractivity contribution in [2.45, 2.75) is 65.3 Å². The first kappa shape index (κ1) is 18.8. The second kappa shape index (κ2) is 8.99. The second-order valence-electron chi connectivity index (χ2n) is 7.34. The fourth-order valence-electron chi connectivity index (χ4n) is 4.02. The number of hydrogen-bond donors (Lipinski definition) is 2. The molecule has 4 atom stereocenters. The molecule has 1 saturated carbocycles. The van der Waals surface area contributed by atoms with E-state index in [1.54, 1.807) is 0 Å². The first-order valence-corrected chi connectivity index (χ1v) is 8.56. The van der Waals surface area contributed by atoms with Gasteiger partial charge in [0.2, 0.25) is 5.91 Å². The standard InChI is InChI=1S/C17H32N2O.ClH/c1-12-4-5-16(14(3)10-12)19-17(20)11-13(2)15-6-8-18-9-7-15;/h12-16,18H,4-11H2,1-3H3,(H,19,20);1H. The largest absolute Gasteiger partial charge is 0.353 e. The fourth-order valence-corrected chi connectivity index (χ4v) is 4.02. The van der Waals surface area contributed by atoms with Gasteiger partial charge in [0, 0.05) is 12.5 Å². The molecule has 21 heavy (non-hydrogen) atoms. The van der Waals surface area contributed by atoms with Gasteiger partial charge in [-0.15, -0.1) is 12.4 Å². The van der Waals surface area contributed by atoms with Crippen LogP contribution in [-0.4, -0.2) is 25.0 Å². The minimum atomic E-state index is 0. The number of carbonyl (C=O) groups is 1. The molecule has 0 spiro atoms. The van der Waals surface area contributed by atoms with E-state index in [1.807, 2.05) is 0 Å². The van der Waals surface area contributed by atoms with E-state index in [0.717, 1.165) is 31.3 Å². The van der Waals surface area contributed by atoms with E-state index >= 15 is 0 Å². The summed E-state index contributed by atoms with van der Waals surface area (Å²) in [5.74, 6) is 2.99. The quantitative estimate of drug-likeness (QED) is 0.835. The van der Waals surface area contributed by atoms with Crippen molar-refractivity contribution >= 4 is 18.3 Å². The second-order valence-corrected chi connectivity index (χ2v) is 7.34. The fraction of sp³-hybridized carbons (Fsp3) is 0.941. The number of carbonyl (C=O) groups excluding carboxylic acids is 1. The van der Waals surface area contributed by atoms with Crippen molar-refractivity contribution in [3.8, 4) is 0 Å². The Morgan fingerprint density at radius 2 is 1.86 bits per heavy atom. The van der Waals surface area contributed by atoms with Crippen molar-refractivity contribution in [3.63, 3.8) is 0 Å². The van der Waals surface area contributed by atoms with E-state index in [9.17, 15) is 4.79 Å². The summed E-state index contributed by atoms with van der Waals surface area (Å²) in [5.41, 5.74) is 0. The zero-order chi connectivity index (χ0) is 14.5. The summed E-state index contributed by atoms with van der Waals surface area (Å²) < 4.78 is 0. The number of nitrogens with one attached hydrogen (secondary N) is 2. The van der Waals surface area contributed by atoms with Crippen molar-refractivity contribution in [1.82, 2.24) is 10.6 Å². The summed E-state index contributed by atoms with van der Waals surface area (Å²) in [6, 6.07) is 0.416. The lowest BCUT2D eigenvalue weighted by molar-refractivity contribution is -0.123. The Bertz CT molecular complexity index is 318. The average Bonchev–Trinajstić information content (AvgIpc) is 2.43. The highest BCUT2D eigenvalue weighted by Crippen LogP contribution is 2.29. The zero-order valence-electron chi connectivity index (χ0n) is 13.9. The lowest BCUT2D eigenvalue weighted by Gasteiger charge is -2.34. The van der Waals surface area contributed by atoms with Gasteiger partial charge < -0.3 is 10.6 Å². The summed E-state index contributed by atoms with van der Waals surface area (Å²) in [7, 11) is 0. The number of hydrogen-bond acceptors (Lipinski definition) is 2. The van der Waals surface area contributed by atoms with Gasteiger partial charge in [-0.2, -0.15) is 0 Å². The molecule has 0 aromatic carbocycles. The molecule has 2 fully saturated rings. The number of halogens is 1. The minimum absolute atomic E-state index is 0. The predicted molar refractivity (Wildman–Crippen MR) is 90.7 cm³/mol. The Kier molecular flexibility index (Phi) is 8.04. The van der Waals surface area contributed by atoms with Gasteiger partial charge in [-0.1, -0.05) is 20.8 Å². The van der Waals surface area contributed by atoms with E-state index in [1.165, 1.54) is 25.7 Å². The normalized spacial score (nSPS) is 32.0. The van der Waals surface area contributed by atoms with Gasteiger partial charge >= 0.3 is 0 Å². The average molecular weight is 317 g/mol. The van der Waals surface area contributed by atoms with E-state index in [-0.39, 0.29) is 18.3 Å². The molecule has 1 saturated heterocycles. The molecule has 0 aromatic rings. The van der Waals surface area contributed by atoms with Crippen LogP contribution in [0.5, 0.6) is 0 Å². The molecular formula is C17H33ClN2O. The van der Waals surface area contributed by atoms with Crippen LogP contribution in [0.2, 0.25) is 0 Å². The monoisotopic (exact) mass is 316 g/mol. The first-order chi connectivity index (χ1) is 9.56. The summed E-state index contributed by atoms with van der Waals surface area (Å²) in [6.07, 6.45) is 6.85. The van der Waals surface area contributed by atoms with Gasteiger partial charge in [-0.05, 0) is 68.9 Å². The van der Waals surface area contributed by atoms with Crippen LogP contribution >= 0.6 is 12.4 Å². The van der Waals surface area contributed by atoms with Crippen molar-refractivity contribution in [2.24, 2.45) is 23.7 Å². The topological polar surface area (TPSA) is 41.1 Å². The van der Waals surface area contributed by atoms with Crippen LogP contribution in [-0.2, 0) is 4.79 Å². The number of amides is 1. The van der Waals surface area contributed by atoms with Gasteiger partial charge in [-0.3, -0.25) is 4.79 Å². The van der Waals surface area contributed by atoms with Gasteiger partial charge in [0.05, 0.1) is 0 Å². The maximum atomic E-state index is 12.3. The molecule has 1 aliphatic carbocycles. The maximum absolute atomic E-state index is 12.3. The third kappa shape index (κ3) is 5.78. The van der Waals surface area contributed by atoms with E-state index in [4.69, 9.17) is 0 Å². The Balaban J connectivity index is 0.00000220. The van der Waals surface area contributed by atoms with Crippen LogP contribution in [0.25, 0.3) is 0 Å². The van der Waals surface area contributed by atoms with Crippen LogP contribution in [0.1, 0.15) is 59.3 Å². The predicted octanol–water partition coefficient (Wildman–Crippen LogP) is 3.37. The van der Waals surface area contributed by atoms with Crippen molar-refractivity contribution in [3.05, 3.63) is 0 Å². The van der Waals surface area contributed by atoms with Crippen LogP contribution in [0.3, 0.4) is 0 Å². The molecule has 0 bridgehead atoms.